The molecular formula is C19H20ClF3N2O4S2. The minimum Gasteiger partial charge on any atom is -0.280 e. The molecule has 0 unspecified atom stereocenters. The lowest BCUT2D eigenvalue weighted by Gasteiger charge is -2.26. The summed E-state index contributed by atoms with van der Waals surface area (Å²) in [6, 6.07) is 5.89. The zero-order valence-corrected chi connectivity index (χ0v) is 18.8. The van der Waals surface area contributed by atoms with Crippen molar-refractivity contribution >= 4 is 37.3 Å². The van der Waals surface area contributed by atoms with Crippen LogP contribution >= 0.6 is 11.6 Å². The van der Waals surface area contributed by atoms with Gasteiger partial charge in [0.25, 0.3) is 10.0 Å². The number of benzene rings is 2. The van der Waals surface area contributed by atoms with Gasteiger partial charge in [0, 0.05) is 13.1 Å². The minimum absolute atomic E-state index is 0.0651. The third-order valence-electron chi connectivity index (χ3n) is 4.92. The van der Waals surface area contributed by atoms with Crippen LogP contribution in [0.2, 0.25) is 5.02 Å². The first-order valence-electron chi connectivity index (χ1n) is 9.33. The van der Waals surface area contributed by atoms with Crippen molar-refractivity contribution in [1.82, 2.24) is 4.31 Å². The minimum atomic E-state index is -4.76. The zero-order valence-electron chi connectivity index (χ0n) is 16.4. The Morgan fingerprint density at radius 1 is 0.935 bits per heavy atom. The Labute approximate surface area is 184 Å². The van der Waals surface area contributed by atoms with E-state index < -0.39 is 41.7 Å². The summed E-state index contributed by atoms with van der Waals surface area (Å²) in [6.07, 6.45) is -2.35. The molecule has 3 rings (SSSR count). The molecule has 0 spiro atoms. The van der Waals surface area contributed by atoms with Crippen molar-refractivity contribution in [3.05, 3.63) is 52.5 Å². The maximum Gasteiger partial charge on any atom is 0.416 e. The van der Waals surface area contributed by atoms with Gasteiger partial charge in [-0.3, -0.25) is 4.72 Å². The van der Waals surface area contributed by atoms with Crippen molar-refractivity contribution in [3.63, 3.8) is 0 Å². The molecule has 1 fully saturated rings. The van der Waals surface area contributed by atoms with Crippen LogP contribution in [0.5, 0.6) is 0 Å². The number of sulfonamides is 2. The van der Waals surface area contributed by atoms with E-state index in [1.54, 1.807) is 6.92 Å². The van der Waals surface area contributed by atoms with Gasteiger partial charge >= 0.3 is 6.18 Å². The van der Waals surface area contributed by atoms with Crippen LogP contribution in [0.4, 0.5) is 18.9 Å². The maximum absolute atomic E-state index is 13.0. The Morgan fingerprint density at radius 3 is 2.19 bits per heavy atom. The summed E-state index contributed by atoms with van der Waals surface area (Å²) in [5.41, 5.74) is -0.852. The highest BCUT2D eigenvalue weighted by Crippen LogP contribution is 2.34. The quantitative estimate of drug-likeness (QED) is 0.653. The van der Waals surface area contributed by atoms with Crippen LogP contribution in [-0.2, 0) is 26.2 Å². The first kappa shape index (κ1) is 23.8. The molecule has 1 saturated heterocycles. The van der Waals surface area contributed by atoms with Gasteiger partial charge < -0.3 is 0 Å². The Morgan fingerprint density at radius 2 is 1.58 bits per heavy atom. The Hall–Kier alpha value is -1.82. The standard InChI is InChI=1S/C19H20ClF3N2O4S2/c1-13-5-7-15(12-17(13)31(28,29)25-9-3-2-4-10-25)24-30(26,27)18-11-14(19(21,22)23)6-8-16(18)20/h5-8,11-12,24H,2-4,9-10H2,1H3. The van der Waals surface area contributed by atoms with E-state index in [1.165, 1.54) is 22.5 Å². The van der Waals surface area contributed by atoms with E-state index in [-0.39, 0.29) is 10.6 Å². The van der Waals surface area contributed by atoms with Gasteiger partial charge in [0.15, 0.2) is 0 Å². The number of hydrogen-bond acceptors (Lipinski definition) is 4. The van der Waals surface area contributed by atoms with Gasteiger partial charge in [0.05, 0.1) is 21.2 Å². The Bertz CT molecular complexity index is 1190. The molecule has 1 N–H and O–H groups in total. The van der Waals surface area contributed by atoms with Crippen LogP contribution in [0.3, 0.4) is 0 Å². The molecule has 1 aliphatic heterocycles. The first-order valence-corrected chi connectivity index (χ1v) is 12.6. The van der Waals surface area contributed by atoms with Gasteiger partial charge in [-0.2, -0.15) is 17.5 Å². The number of alkyl halides is 3. The van der Waals surface area contributed by atoms with Crippen LogP contribution < -0.4 is 4.72 Å². The fourth-order valence-corrected chi connectivity index (χ4v) is 6.63. The predicted molar refractivity (Wildman–Crippen MR) is 111 cm³/mol. The molecule has 0 radical (unpaired) electrons. The van der Waals surface area contributed by atoms with Crippen LogP contribution in [-0.4, -0.2) is 34.2 Å². The van der Waals surface area contributed by atoms with E-state index in [1.807, 2.05) is 0 Å². The van der Waals surface area contributed by atoms with Crippen molar-refractivity contribution in [2.75, 3.05) is 17.8 Å². The molecule has 0 amide bonds. The van der Waals surface area contributed by atoms with Crippen molar-refractivity contribution in [3.8, 4) is 0 Å². The summed E-state index contributed by atoms with van der Waals surface area (Å²) in [6.45, 7) is 2.33. The average Bonchev–Trinajstić information content (AvgIpc) is 2.69. The largest absolute Gasteiger partial charge is 0.416 e. The lowest BCUT2D eigenvalue weighted by Crippen LogP contribution is -2.36. The second-order valence-electron chi connectivity index (χ2n) is 7.19. The SMILES string of the molecule is Cc1ccc(NS(=O)(=O)c2cc(C(F)(F)F)ccc2Cl)cc1S(=O)(=O)N1CCCCC1. The lowest BCUT2D eigenvalue weighted by atomic mass is 10.2. The molecule has 0 aliphatic carbocycles. The second kappa shape index (κ2) is 8.61. The molecule has 2 aromatic carbocycles. The number of nitrogens with zero attached hydrogens (tertiary/aromatic N) is 1. The summed E-state index contributed by atoms with van der Waals surface area (Å²) in [7, 11) is -8.36. The summed E-state index contributed by atoms with van der Waals surface area (Å²) < 4.78 is 93.9. The number of aryl methyl sites for hydroxylation is 1. The summed E-state index contributed by atoms with van der Waals surface area (Å²) in [4.78, 5) is -0.824. The number of halogens is 4. The van der Waals surface area contributed by atoms with Gasteiger partial charge in [0.1, 0.15) is 4.90 Å². The van der Waals surface area contributed by atoms with Crippen molar-refractivity contribution < 1.29 is 30.0 Å². The summed E-state index contributed by atoms with van der Waals surface area (Å²) >= 11 is 5.84. The van der Waals surface area contributed by atoms with Crippen LogP contribution in [0.25, 0.3) is 0 Å². The monoisotopic (exact) mass is 496 g/mol. The fourth-order valence-electron chi connectivity index (χ4n) is 3.28. The zero-order chi connectivity index (χ0) is 23.0. The highest BCUT2D eigenvalue weighted by Gasteiger charge is 2.33. The summed E-state index contributed by atoms with van der Waals surface area (Å²) in [5.74, 6) is 0. The van der Waals surface area contributed by atoms with E-state index in [2.05, 4.69) is 4.72 Å². The van der Waals surface area contributed by atoms with Gasteiger partial charge in [-0.15, -0.1) is 0 Å². The predicted octanol–water partition coefficient (Wildman–Crippen LogP) is 4.64. The molecule has 1 heterocycles. The van der Waals surface area contributed by atoms with E-state index in [0.717, 1.165) is 25.3 Å². The molecule has 0 atom stereocenters. The smallest absolute Gasteiger partial charge is 0.280 e. The van der Waals surface area contributed by atoms with Crippen LogP contribution in [0, 0.1) is 6.92 Å². The van der Waals surface area contributed by atoms with Gasteiger partial charge in [-0.1, -0.05) is 24.1 Å². The van der Waals surface area contributed by atoms with Crippen molar-refractivity contribution in [1.29, 1.82) is 0 Å². The first-order chi connectivity index (χ1) is 14.3. The molecule has 1 aliphatic rings. The molecule has 2 aromatic rings. The van der Waals surface area contributed by atoms with Crippen molar-refractivity contribution in [2.45, 2.75) is 42.2 Å². The lowest BCUT2D eigenvalue weighted by molar-refractivity contribution is -0.137. The van der Waals surface area contributed by atoms with E-state index in [4.69, 9.17) is 11.6 Å². The summed E-state index contributed by atoms with van der Waals surface area (Å²) in [5, 5.41) is -0.395. The number of hydrogen-bond donors (Lipinski definition) is 1. The normalized spacial score (nSPS) is 16.3. The molecular weight excluding hydrogens is 477 g/mol. The Kier molecular flexibility index (Phi) is 6.62. The molecule has 12 heteroatoms. The van der Waals surface area contributed by atoms with Crippen LogP contribution in [0.15, 0.2) is 46.2 Å². The second-order valence-corrected chi connectivity index (χ2v) is 11.2. The average molecular weight is 497 g/mol. The topological polar surface area (TPSA) is 83.5 Å². The molecule has 170 valence electrons. The highest BCUT2D eigenvalue weighted by molar-refractivity contribution is 7.93. The molecule has 0 saturated carbocycles. The number of rotatable bonds is 5. The number of anilines is 1. The molecule has 0 aromatic heterocycles. The van der Waals surface area contributed by atoms with E-state index in [0.29, 0.717) is 30.8 Å². The van der Waals surface area contributed by atoms with Crippen molar-refractivity contribution in [2.24, 2.45) is 0 Å². The number of piperidine rings is 1. The highest BCUT2D eigenvalue weighted by atomic mass is 35.5. The third kappa shape index (κ3) is 5.16. The van der Waals surface area contributed by atoms with Crippen LogP contribution in [0.1, 0.15) is 30.4 Å². The van der Waals surface area contributed by atoms with Gasteiger partial charge in [-0.05, 0) is 55.7 Å². The van der Waals surface area contributed by atoms with Gasteiger partial charge in [-0.25, -0.2) is 16.8 Å². The fraction of sp³-hybridized carbons (Fsp3) is 0.368. The maximum atomic E-state index is 13.0. The molecule has 31 heavy (non-hydrogen) atoms. The third-order valence-corrected chi connectivity index (χ3v) is 8.82. The Balaban J connectivity index is 1.97. The van der Waals surface area contributed by atoms with E-state index >= 15 is 0 Å². The molecule has 6 nitrogen and oxygen atoms in total. The molecule has 0 bridgehead atoms. The van der Waals surface area contributed by atoms with Gasteiger partial charge in [0.2, 0.25) is 10.0 Å². The van der Waals surface area contributed by atoms with E-state index in [9.17, 15) is 30.0 Å². The number of nitrogens with one attached hydrogen (secondary N) is 1.